The number of thiazole rings is 1. The Kier molecular flexibility index (Phi) is 6.92. The van der Waals surface area contributed by atoms with Crippen LogP contribution < -0.4 is 10.2 Å². The average Bonchev–Trinajstić information content (AvgIpc) is 3.39. The second-order valence-electron chi connectivity index (χ2n) is 7.19. The van der Waals surface area contributed by atoms with Gasteiger partial charge in [-0.3, -0.25) is 4.79 Å². The van der Waals surface area contributed by atoms with E-state index in [9.17, 15) is 4.79 Å². The second kappa shape index (κ2) is 9.85. The van der Waals surface area contributed by atoms with Crippen LogP contribution in [-0.4, -0.2) is 45.5 Å². The zero-order chi connectivity index (χ0) is 22.7. The predicted octanol–water partition coefficient (Wildman–Crippen LogP) is 5.16. The van der Waals surface area contributed by atoms with Crippen molar-refractivity contribution in [3.05, 3.63) is 58.4 Å². The van der Waals surface area contributed by atoms with Crippen molar-refractivity contribution in [2.75, 3.05) is 30.1 Å². The number of carbonyl (C=O) groups excluding carboxylic acids is 1. The highest BCUT2D eigenvalue weighted by atomic mass is 79.9. The number of amides is 1. The van der Waals surface area contributed by atoms with E-state index in [1.54, 1.807) is 0 Å². The summed E-state index contributed by atoms with van der Waals surface area (Å²) in [4.78, 5) is 19.0. The van der Waals surface area contributed by atoms with Crippen LogP contribution in [0.3, 0.4) is 0 Å². The van der Waals surface area contributed by atoms with Crippen LogP contribution in [0.2, 0.25) is 0 Å². The largest absolute Gasteiger partial charge is 0.378 e. The van der Waals surface area contributed by atoms with Crippen LogP contribution in [0.5, 0.6) is 0 Å². The molecule has 2 aromatic carbocycles. The molecule has 0 saturated carbocycles. The number of benzene rings is 2. The Morgan fingerprint density at radius 1 is 1.09 bits per heavy atom. The Morgan fingerprint density at radius 3 is 2.47 bits per heavy atom. The molecule has 10 heteroatoms. The van der Waals surface area contributed by atoms with Crippen molar-refractivity contribution < 1.29 is 4.79 Å². The van der Waals surface area contributed by atoms with Crippen molar-refractivity contribution in [3.63, 3.8) is 0 Å². The van der Waals surface area contributed by atoms with Gasteiger partial charge in [0.15, 0.2) is 16.1 Å². The van der Waals surface area contributed by atoms with E-state index in [1.165, 1.54) is 23.1 Å². The Balaban J connectivity index is 1.36. The van der Waals surface area contributed by atoms with Crippen LogP contribution in [0.1, 0.15) is 0 Å². The first-order chi connectivity index (χ1) is 15.4. The van der Waals surface area contributed by atoms with E-state index in [4.69, 9.17) is 0 Å². The number of nitrogens with one attached hydrogen (secondary N) is 1. The lowest BCUT2D eigenvalue weighted by Crippen LogP contribution is -2.14. The van der Waals surface area contributed by atoms with E-state index in [-0.39, 0.29) is 11.7 Å². The van der Waals surface area contributed by atoms with Gasteiger partial charge in [0.1, 0.15) is 0 Å². The number of thioether (sulfide) groups is 1. The molecular formula is C22H21BrN6OS2. The number of rotatable bonds is 7. The summed E-state index contributed by atoms with van der Waals surface area (Å²) in [5, 5.41) is 14.6. The predicted molar refractivity (Wildman–Crippen MR) is 135 cm³/mol. The molecule has 1 N–H and O–H groups in total. The minimum Gasteiger partial charge on any atom is -0.378 e. The van der Waals surface area contributed by atoms with E-state index in [2.05, 4.69) is 36.4 Å². The van der Waals surface area contributed by atoms with E-state index in [0.29, 0.717) is 10.3 Å². The van der Waals surface area contributed by atoms with Gasteiger partial charge in [-0.1, -0.05) is 39.8 Å². The van der Waals surface area contributed by atoms with Gasteiger partial charge in [-0.2, -0.15) is 0 Å². The molecule has 0 radical (unpaired) electrons. The van der Waals surface area contributed by atoms with Crippen LogP contribution in [0.15, 0.2) is 63.5 Å². The van der Waals surface area contributed by atoms with Crippen molar-refractivity contribution in [3.8, 4) is 22.6 Å². The maximum absolute atomic E-state index is 12.4. The highest BCUT2D eigenvalue weighted by Crippen LogP contribution is 2.27. The Hall–Kier alpha value is -2.69. The normalized spacial score (nSPS) is 10.9. The van der Waals surface area contributed by atoms with Gasteiger partial charge in [-0.25, -0.2) is 4.98 Å². The molecule has 1 amide bonds. The molecular weight excluding hydrogens is 508 g/mol. The highest BCUT2D eigenvalue weighted by Gasteiger charge is 2.14. The van der Waals surface area contributed by atoms with Crippen molar-refractivity contribution >= 4 is 55.8 Å². The number of hydrogen-bond donors (Lipinski definition) is 1. The van der Waals surface area contributed by atoms with Gasteiger partial charge in [0.2, 0.25) is 5.91 Å². The summed E-state index contributed by atoms with van der Waals surface area (Å²) < 4.78 is 2.91. The first-order valence-corrected chi connectivity index (χ1v) is 12.4. The quantitative estimate of drug-likeness (QED) is 0.333. The third-order valence-electron chi connectivity index (χ3n) is 4.70. The number of nitrogens with zero attached hydrogens (tertiary/aromatic N) is 5. The lowest BCUT2D eigenvalue weighted by atomic mass is 10.2. The molecule has 0 saturated heterocycles. The summed E-state index contributed by atoms with van der Waals surface area (Å²) in [5.74, 6) is 0.850. The van der Waals surface area contributed by atoms with Gasteiger partial charge in [-0.05, 0) is 36.4 Å². The lowest BCUT2D eigenvalue weighted by molar-refractivity contribution is -0.113. The zero-order valence-electron chi connectivity index (χ0n) is 17.7. The molecule has 4 aromatic rings. The molecule has 0 fully saturated rings. The molecule has 2 aromatic heterocycles. The number of carbonyl (C=O) groups is 1. The second-order valence-corrected chi connectivity index (χ2v) is 9.90. The van der Waals surface area contributed by atoms with Crippen LogP contribution in [-0.2, 0) is 11.8 Å². The summed E-state index contributed by atoms with van der Waals surface area (Å²) in [5.41, 5.74) is 3.94. The van der Waals surface area contributed by atoms with Gasteiger partial charge in [0.25, 0.3) is 0 Å². The maximum Gasteiger partial charge on any atom is 0.236 e. The monoisotopic (exact) mass is 528 g/mol. The fourth-order valence-corrected chi connectivity index (χ4v) is 4.68. The molecule has 32 heavy (non-hydrogen) atoms. The van der Waals surface area contributed by atoms with Crippen molar-refractivity contribution in [2.45, 2.75) is 5.16 Å². The number of halogens is 1. The third-order valence-corrected chi connectivity index (χ3v) is 7.01. The van der Waals surface area contributed by atoms with Gasteiger partial charge in [0, 0.05) is 47.8 Å². The van der Waals surface area contributed by atoms with Gasteiger partial charge < -0.3 is 14.8 Å². The van der Waals surface area contributed by atoms with E-state index < -0.39 is 0 Å². The van der Waals surface area contributed by atoms with Gasteiger partial charge in [0.05, 0.1) is 11.4 Å². The van der Waals surface area contributed by atoms with Gasteiger partial charge in [-0.15, -0.1) is 21.5 Å². The third kappa shape index (κ3) is 5.20. The number of anilines is 2. The fourth-order valence-electron chi connectivity index (χ4n) is 2.97. The fraction of sp³-hybridized carbons (Fsp3) is 0.182. The van der Waals surface area contributed by atoms with E-state index in [1.807, 2.05) is 84.5 Å². The molecule has 0 spiro atoms. The Morgan fingerprint density at radius 2 is 1.78 bits per heavy atom. The summed E-state index contributed by atoms with van der Waals surface area (Å²) in [6.07, 6.45) is 0. The molecule has 0 atom stereocenters. The molecule has 0 bridgehead atoms. The Labute approximate surface area is 203 Å². The molecule has 2 heterocycles. The maximum atomic E-state index is 12.4. The first kappa shape index (κ1) is 22.5. The molecule has 0 unspecified atom stereocenters. The van der Waals surface area contributed by atoms with Crippen molar-refractivity contribution in [2.24, 2.45) is 7.05 Å². The summed E-state index contributed by atoms with van der Waals surface area (Å²) >= 11 is 6.18. The molecule has 4 rings (SSSR count). The molecule has 0 aliphatic carbocycles. The summed E-state index contributed by atoms with van der Waals surface area (Å²) in [6.45, 7) is 0. The van der Waals surface area contributed by atoms with Crippen LogP contribution >= 0.6 is 39.0 Å². The van der Waals surface area contributed by atoms with Gasteiger partial charge >= 0.3 is 0 Å². The first-order valence-electron chi connectivity index (χ1n) is 9.72. The molecule has 164 valence electrons. The minimum absolute atomic E-state index is 0.133. The topological polar surface area (TPSA) is 75.9 Å². The smallest absolute Gasteiger partial charge is 0.236 e. The number of hydrogen-bond acceptors (Lipinski definition) is 7. The SMILES string of the molecule is CN(C)c1ccc(-c2nnc(SCC(=O)Nc3nc(-c4ccc(Br)cc4)cs3)n2C)cc1. The Bertz CT molecular complexity index is 1220. The van der Waals surface area contributed by atoms with Crippen molar-refractivity contribution in [1.82, 2.24) is 19.7 Å². The standard InChI is InChI=1S/C22H21BrN6OS2/c1-28(2)17-10-6-15(7-11-17)20-26-27-22(29(20)3)32-13-19(30)25-21-24-18(12-31-21)14-4-8-16(23)9-5-14/h4-12H,13H2,1-3H3,(H,24,25,30). The lowest BCUT2D eigenvalue weighted by Gasteiger charge is -2.12. The summed E-state index contributed by atoms with van der Waals surface area (Å²) in [6, 6.07) is 16.0. The van der Waals surface area contributed by atoms with E-state index in [0.717, 1.165) is 32.8 Å². The van der Waals surface area contributed by atoms with Crippen LogP contribution in [0, 0.1) is 0 Å². The molecule has 7 nitrogen and oxygen atoms in total. The minimum atomic E-state index is -0.133. The van der Waals surface area contributed by atoms with Crippen molar-refractivity contribution in [1.29, 1.82) is 0 Å². The summed E-state index contributed by atoms with van der Waals surface area (Å²) in [7, 11) is 5.91. The zero-order valence-corrected chi connectivity index (χ0v) is 21.0. The number of aromatic nitrogens is 4. The molecule has 0 aliphatic rings. The van der Waals surface area contributed by atoms with Crippen LogP contribution in [0.4, 0.5) is 10.8 Å². The van der Waals surface area contributed by atoms with Crippen LogP contribution in [0.25, 0.3) is 22.6 Å². The highest BCUT2D eigenvalue weighted by molar-refractivity contribution is 9.10. The molecule has 0 aliphatic heterocycles. The average molecular weight is 529 g/mol. The van der Waals surface area contributed by atoms with E-state index >= 15 is 0 Å².